The summed E-state index contributed by atoms with van der Waals surface area (Å²) in [6.07, 6.45) is 5.30. The predicted molar refractivity (Wildman–Crippen MR) is 62.7 cm³/mol. The van der Waals surface area contributed by atoms with Gasteiger partial charge in [0.05, 0.1) is 12.2 Å². The van der Waals surface area contributed by atoms with Crippen LogP contribution < -0.4 is 5.73 Å². The van der Waals surface area contributed by atoms with E-state index in [0.29, 0.717) is 12.2 Å². The van der Waals surface area contributed by atoms with E-state index in [0.717, 1.165) is 5.56 Å². The van der Waals surface area contributed by atoms with Crippen LogP contribution in [0.2, 0.25) is 0 Å². The molecule has 0 radical (unpaired) electrons. The lowest BCUT2D eigenvalue weighted by atomic mass is 10.2. The number of rotatable bonds is 5. The number of nitrogens with zero attached hydrogens (tertiary/aromatic N) is 4. The van der Waals surface area contributed by atoms with Gasteiger partial charge in [0.1, 0.15) is 6.04 Å². The average molecular weight is 247 g/mol. The first kappa shape index (κ1) is 12.2. The Morgan fingerprint density at radius 2 is 2.39 bits per heavy atom. The quantitative estimate of drug-likeness (QED) is 0.749. The second kappa shape index (κ2) is 5.37. The lowest BCUT2D eigenvalue weighted by molar-refractivity contribution is -0.138. The zero-order chi connectivity index (χ0) is 13.0. The monoisotopic (exact) mass is 247 g/mol. The zero-order valence-electron chi connectivity index (χ0n) is 9.60. The van der Waals surface area contributed by atoms with Crippen LogP contribution in [0.5, 0.6) is 0 Å². The second-order valence-electron chi connectivity index (χ2n) is 3.92. The average Bonchev–Trinajstić information content (AvgIpc) is 2.77. The van der Waals surface area contributed by atoms with E-state index in [9.17, 15) is 4.79 Å². The van der Waals surface area contributed by atoms with Crippen LogP contribution in [0, 0.1) is 0 Å². The minimum absolute atomic E-state index is 0.169. The van der Waals surface area contributed by atoms with Crippen LogP contribution in [0.3, 0.4) is 0 Å². The first-order valence-corrected chi connectivity index (χ1v) is 5.41. The molecule has 2 aromatic rings. The van der Waals surface area contributed by atoms with Gasteiger partial charge in [-0.3, -0.25) is 9.78 Å². The van der Waals surface area contributed by atoms with Crippen molar-refractivity contribution in [1.82, 2.24) is 20.0 Å². The number of aromatic nitrogens is 4. The van der Waals surface area contributed by atoms with Crippen molar-refractivity contribution in [3.8, 4) is 0 Å². The summed E-state index contributed by atoms with van der Waals surface area (Å²) in [5.74, 6) is -1.04. The van der Waals surface area contributed by atoms with Gasteiger partial charge < -0.3 is 10.8 Å². The van der Waals surface area contributed by atoms with Crippen molar-refractivity contribution in [3.05, 3.63) is 42.0 Å². The highest BCUT2D eigenvalue weighted by Gasteiger charge is 2.14. The second-order valence-corrected chi connectivity index (χ2v) is 3.92. The van der Waals surface area contributed by atoms with Gasteiger partial charge in [0.25, 0.3) is 0 Å². The van der Waals surface area contributed by atoms with Crippen LogP contribution in [0.25, 0.3) is 0 Å². The number of carboxylic acids is 1. The Morgan fingerprint density at radius 3 is 3.06 bits per heavy atom. The molecule has 18 heavy (non-hydrogen) atoms. The van der Waals surface area contributed by atoms with Crippen LogP contribution in [-0.2, 0) is 17.8 Å². The van der Waals surface area contributed by atoms with E-state index in [4.69, 9.17) is 10.8 Å². The van der Waals surface area contributed by atoms with Crippen LogP contribution >= 0.6 is 0 Å². The molecule has 7 nitrogen and oxygen atoms in total. The molecule has 0 saturated heterocycles. The molecule has 0 aliphatic carbocycles. The van der Waals surface area contributed by atoms with Gasteiger partial charge >= 0.3 is 5.97 Å². The van der Waals surface area contributed by atoms with Gasteiger partial charge in [0, 0.05) is 25.0 Å². The molecule has 94 valence electrons. The smallest absolute Gasteiger partial charge is 0.320 e. The Kier molecular flexibility index (Phi) is 3.63. The number of hydrogen-bond donors (Lipinski definition) is 2. The number of pyridine rings is 1. The lowest BCUT2D eigenvalue weighted by Crippen LogP contribution is -2.32. The molecule has 0 saturated carbocycles. The summed E-state index contributed by atoms with van der Waals surface area (Å²) in [4.78, 5) is 14.6. The molecule has 0 aromatic carbocycles. The van der Waals surface area contributed by atoms with Crippen molar-refractivity contribution in [2.75, 3.05) is 0 Å². The minimum atomic E-state index is -1.04. The molecule has 2 aromatic heterocycles. The molecule has 0 aliphatic rings. The molecule has 0 spiro atoms. The maximum absolute atomic E-state index is 10.6. The SMILES string of the molecule is NC(Cc1cn(Cc2cccnc2)nn1)C(=O)O. The third-order valence-electron chi connectivity index (χ3n) is 2.40. The first-order chi connectivity index (χ1) is 8.65. The number of carboxylic acid groups (broad SMARTS) is 1. The third kappa shape index (κ3) is 3.11. The molecule has 1 atom stereocenters. The Morgan fingerprint density at radius 1 is 1.56 bits per heavy atom. The van der Waals surface area contributed by atoms with Gasteiger partial charge in [-0.25, -0.2) is 4.68 Å². The van der Waals surface area contributed by atoms with E-state index in [1.807, 2.05) is 12.1 Å². The molecule has 0 amide bonds. The molecule has 3 N–H and O–H groups in total. The van der Waals surface area contributed by atoms with E-state index >= 15 is 0 Å². The van der Waals surface area contributed by atoms with E-state index in [-0.39, 0.29) is 6.42 Å². The summed E-state index contributed by atoms with van der Waals surface area (Å²) < 4.78 is 1.63. The summed E-state index contributed by atoms with van der Waals surface area (Å²) in [6, 6.07) is 2.82. The van der Waals surface area contributed by atoms with Crippen LogP contribution in [0.1, 0.15) is 11.3 Å². The molecule has 2 rings (SSSR count). The van der Waals surface area contributed by atoms with Crippen molar-refractivity contribution in [1.29, 1.82) is 0 Å². The van der Waals surface area contributed by atoms with Gasteiger partial charge in [-0.2, -0.15) is 0 Å². The molecule has 0 fully saturated rings. The Bertz CT molecular complexity index is 525. The van der Waals surface area contributed by atoms with Crippen molar-refractivity contribution in [3.63, 3.8) is 0 Å². The van der Waals surface area contributed by atoms with Crippen molar-refractivity contribution in [2.24, 2.45) is 5.73 Å². The normalized spacial score (nSPS) is 12.3. The van der Waals surface area contributed by atoms with E-state index in [1.54, 1.807) is 23.3 Å². The topological polar surface area (TPSA) is 107 Å². The standard InChI is InChI=1S/C11H13N5O2/c12-10(11(17)18)4-9-7-16(15-14-9)6-8-2-1-3-13-5-8/h1-3,5,7,10H,4,6,12H2,(H,17,18). The van der Waals surface area contributed by atoms with Gasteiger partial charge in [-0.05, 0) is 11.6 Å². The Labute approximate surface area is 103 Å². The maximum Gasteiger partial charge on any atom is 0.320 e. The first-order valence-electron chi connectivity index (χ1n) is 5.41. The van der Waals surface area contributed by atoms with Gasteiger partial charge in [-0.15, -0.1) is 5.10 Å². The maximum atomic E-state index is 10.6. The predicted octanol–water partition coefficient (Wildman–Crippen LogP) is -0.324. The van der Waals surface area contributed by atoms with Crippen LogP contribution in [-0.4, -0.2) is 37.1 Å². The summed E-state index contributed by atoms with van der Waals surface area (Å²) >= 11 is 0. The fourth-order valence-corrected chi connectivity index (χ4v) is 1.50. The largest absolute Gasteiger partial charge is 0.480 e. The highest BCUT2D eigenvalue weighted by atomic mass is 16.4. The Balaban J connectivity index is 2.00. The molecular formula is C11H13N5O2. The molecule has 0 aliphatic heterocycles. The van der Waals surface area contributed by atoms with Gasteiger partial charge in [-0.1, -0.05) is 11.3 Å². The van der Waals surface area contributed by atoms with E-state index in [2.05, 4.69) is 15.3 Å². The highest BCUT2D eigenvalue weighted by Crippen LogP contribution is 2.02. The molecule has 7 heteroatoms. The summed E-state index contributed by atoms with van der Waals surface area (Å²) in [5.41, 5.74) is 6.98. The van der Waals surface area contributed by atoms with E-state index in [1.165, 1.54) is 0 Å². The van der Waals surface area contributed by atoms with Crippen molar-refractivity contribution >= 4 is 5.97 Å². The summed E-state index contributed by atoms with van der Waals surface area (Å²) in [7, 11) is 0. The summed E-state index contributed by atoms with van der Waals surface area (Å²) in [6.45, 7) is 0.545. The fourth-order valence-electron chi connectivity index (χ4n) is 1.50. The highest BCUT2D eigenvalue weighted by molar-refractivity contribution is 5.73. The number of carbonyl (C=O) groups is 1. The lowest BCUT2D eigenvalue weighted by Gasteiger charge is -2.01. The number of nitrogens with two attached hydrogens (primary N) is 1. The van der Waals surface area contributed by atoms with Gasteiger partial charge in [0.2, 0.25) is 0 Å². The van der Waals surface area contributed by atoms with Crippen LogP contribution in [0.4, 0.5) is 0 Å². The molecular weight excluding hydrogens is 234 g/mol. The van der Waals surface area contributed by atoms with Crippen molar-refractivity contribution in [2.45, 2.75) is 19.0 Å². The number of hydrogen-bond acceptors (Lipinski definition) is 5. The fraction of sp³-hybridized carbons (Fsp3) is 0.273. The summed E-state index contributed by atoms with van der Waals surface area (Å²) in [5, 5.41) is 16.5. The minimum Gasteiger partial charge on any atom is -0.480 e. The Hall–Kier alpha value is -2.28. The number of aliphatic carboxylic acids is 1. The zero-order valence-corrected chi connectivity index (χ0v) is 9.60. The molecule has 2 heterocycles. The van der Waals surface area contributed by atoms with E-state index < -0.39 is 12.0 Å². The third-order valence-corrected chi connectivity index (χ3v) is 2.40. The van der Waals surface area contributed by atoms with Crippen LogP contribution in [0.15, 0.2) is 30.7 Å². The molecule has 0 bridgehead atoms. The molecule has 1 unspecified atom stereocenters. The van der Waals surface area contributed by atoms with Gasteiger partial charge in [0.15, 0.2) is 0 Å². The van der Waals surface area contributed by atoms with Crippen molar-refractivity contribution < 1.29 is 9.90 Å².